The van der Waals surface area contributed by atoms with Gasteiger partial charge in [0.2, 0.25) is 0 Å². The second-order valence-corrected chi connectivity index (χ2v) is 4.63. The van der Waals surface area contributed by atoms with Crippen LogP contribution in [0.1, 0.15) is 17.2 Å². The van der Waals surface area contributed by atoms with Crippen LogP contribution in [0.2, 0.25) is 0 Å². The predicted octanol–water partition coefficient (Wildman–Crippen LogP) is 1.26. The van der Waals surface area contributed by atoms with Gasteiger partial charge in [0, 0.05) is 11.8 Å². The molecule has 0 bridgehead atoms. The molecule has 3 rings (SSSR count). The molecule has 0 radical (unpaired) electrons. The van der Waals surface area contributed by atoms with Gasteiger partial charge in [-0.1, -0.05) is 18.2 Å². The van der Waals surface area contributed by atoms with Gasteiger partial charge in [0.15, 0.2) is 11.6 Å². The minimum Gasteiger partial charge on any atom is -0.302 e. The Morgan fingerprint density at radius 2 is 2.06 bits per heavy atom. The Bertz CT molecular complexity index is 597. The smallest absolute Gasteiger partial charge is 0.159 e. The van der Waals surface area contributed by atoms with Crippen molar-refractivity contribution in [1.82, 2.24) is 19.7 Å². The molecule has 0 amide bonds. The Kier molecular flexibility index (Phi) is 2.68. The molecular weight excluding hydrogens is 226 g/mol. The summed E-state index contributed by atoms with van der Waals surface area (Å²) in [6.45, 7) is 1.34. The predicted molar refractivity (Wildman–Crippen MR) is 70.0 cm³/mol. The highest BCUT2D eigenvalue weighted by atomic mass is 15.3. The maximum absolute atomic E-state index is 4.38. The summed E-state index contributed by atoms with van der Waals surface area (Å²) in [7, 11) is 4.06. The lowest BCUT2D eigenvalue weighted by molar-refractivity contribution is 0.387. The van der Waals surface area contributed by atoms with Gasteiger partial charge in [-0.2, -0.15) is 0 Å². The van der Waals surface area contributed by atoms with Gasteiger partial charge < -0.3 is 4.90 Å². The van der Waals surface area contributed by atoms with Crippen molar-refractivity contribution in [3.8, 4) is 5.69 Å². The maximum Gasteiger partial charge on any atom is 0.159 e. The fourth-order valence-corrected chi connectivity index (χ4v) is 2.15. The Balaban J connectivity index is 2.18. The van der Waals surface area contributed by atoms with Gasteiger partial charge in [0.05, 0.1) is 18.8 Å². The van der Waals surface area contributed by atoms with Crippen LogP contribution in [0.25, 0.3) is 5.69 Å². The van der Waals surface area contributed by atoms with Gasteiger partial charge in [0.1, 0.15) is 0 Å². The van der Waals surface area contributed by atoms with E-state index < -0.39 is 0 Å². The molecule has 0 fully saturated rings. The van der Waals surface area contributed by atoms with E-state index in [9.17, 15) is 0 Å². The summed E-state index contributed by atoms with van der Waals surface area (Å²) in [6.07, 6.45) is 1.91. The highest BCUT2D eigenvalue weighted by Crippen LogP contribution is 2.20. The highest BCUT2D eigenvalue weighted by Gasteiger charge is 2.17. The van der Waals surface area contributed by atoms with E-state index in [4.69, 9.17) is 0 Å². The number of hydrogen-bond donors (Lipinski definition) is 0. The zero-order valence-electron chi connectivity index (χ0n) is 10.5. The van der Waals surface area contributed by atoms with Crippen LogP contribution >= 0.6 is 0 Å². The van der Waals surface area contributed by atoms with Crippen LogP contribution in [-0.4, -0.2) is 40.0 Å². The Hall–Kier alpha value is -2.01. The standard InChI is InChI=1S/C13H15N5/c1-17(2)9-13-16-15-12-8-14-7-10-5-3-4-6-11(10)18(12)13/h3-7H,8-9H2,1-2H3. The van der Waals surface area contributed by atoms with E-state index >= 15 is 0 Å². The molecule has 2 aromatic rings. The molecule has 18 heavy (non-hydrogen) atoms. The molecule has 0 N–H and O–H groups in total. The van der Waals surface area contributed by atoms with Crippen molar-refractivity contribution in [2.45, 2.75) is 13.1 Å². The molecule has 1 aliphatic heterocycles. The lowest BCUT2D eigenvalue weighted by Gasteiger charge is -2.13. The number of fused-ring (bicyclic) bond motifs is 3. The van der Waals surface area contributed by atoms with Gasteiger partial charge in [-0.3, -0.25) is 9.56 Å². The van der Waals surface area contributed by atoms with E-state index in [1.807, 2.05) is 32.4 Å². The molecule has 92 valence electrons. The van der Waals surface area contributed by atoms with Crippen molar-refractivity contribution in [2.75, 3.05) is 14.1 Å². The Morgan fingerprint density at radius 1 is 1.22 bits per heavy atom. The fourth-order valence-electron chi connectivity index (χ4n) is 2.15. The van der Waals surface area contributed by atoms with Crippen LogP contribution in [0.3, 0.4) is 0 Å². The summed E-state index contributed by atoms with van der Waals surface area (Å²) in [5.74, 6) is 1.85. The summed E-state index contributed by atoms with van der Waals surface area (Å²) < 4.78 is 2.11. The average molecular weight is 241 g/mol. The number of hydrogen-bond acceptors (Lipinski definition) is 4. The largest absolute Gasteiger partial charge is 0.302 e. The minimum absolute atomic E-state index is 0.578. The highest BCUT2D eigenvalue weighted by molar-refractivity contribution is 5.85. The lowest BCUT2D eigenvalue weighted by Crippen LogP contribution is -2.16. The normalized spacial score (nSPS) is 13.3. The van der Waals surface area contributed by atoms with Gasteiger partial charge in [-0.05, 0) is 20.2 Å². The SMILES string of the molecule is CN(C)Cc1nnc2n1-c1ccccc1C=NC2. The molecule has 2 heterocycles. The number of nitrogens with zero attached hydrogens (tertiary/aromatic N) is 5. The second-order valence-electron chi connectivity index (χ2n) is 4.63. The number of benzene rings is 1. The molecule has 0 saturated heterocycles. The molecule has 0 unspecified atom stereocenters. The first-order chi connectivity index (χ1) is 8.75. The molecular formula is C13H15N5. The molecule has 1 aromatic carbocycles. The first-order valence-corrected chi connectivity index (χ1v) is 5.93. The topological polar surface area (TPSA) is 46.3 Å². The van der Waals surface area contributed by atoms with Crippen molar-refractivity contribution in [3.63, 3.8) is 0 Å². The van der Waals surface area contributed by atoms with Crippen molar-refractivity contribution in [1.29, 1.82) is 0 Å². The summed E-state index contributed by atoms with van der Waals surface area (Å²) in [4.78, 5) is 6.47. The average Bonchev–Trinajstić information content (AvgIpc) is 2.63. The van der Waals surface area contributed by atoms with Gasteiger partial charge in [0.25, 0.3) is 0 Å². The molecule has 0 saturated carbocycles. The third-order valence-corrected chi connectivity index (χ3v) is 2.90. The quantitative estimate of drug-likeness (QED) is 0.795. The maximum atomic E-state index is 4.38. The molecule has 1 aromatic heterocycles. The van der Waals surface area contributed by atoms with Gasteiger partial charge in [-0.25, -0.2) is 0 Å². The van der Waals surface area contributed by atoms with Crippen LogP contribution in [0.15, 0.2) is 29.3 Å². The summed E-state index contributed by atoms with van der Waals surface area (Å²) in [5, 5.41) is 8.52. The summed E-state index contributed by atoms with van der Waals surface area (Å²) >= 11 is 0. The number of para-hydroxylation sites is 1. The molecule has 5 nitrogen and oxygen atoms in total. The zero-order valence-corrected chi connectivity index (χ0v) is 10.5. The van der Waals surface area contributed by atoms with Crippen molar-refractivity contribution >= 4 is 6.21 Å². The van der Waals surface area contributed by atoms with E-state index in [-0.39, 0.29) is 0 Å². The summed E-state index contributed by atoms with van der Waals surface area (Å²) in [5.41, 5.74) is 2.21. The van der Waals surface area contributed by atoms with E-state index in [1.165, 1.54) is 0 Å². The zero-order chi connectivity index (χ0) is 12.5. The molecule has 0 atom stereocenters. The van der Waals surface area contributed by atoms with Crippen LogP contribution in [0.5, 0.6) is 0 Å². The van der Waals surface area contributed by atoms with Crippen molar-refractivity contribution in [3.05, 3.63) is 41.5 Å². The van der Waals surface area contributed by atoms with Crippen molar-refractivity contribution < 1.29 is 0 Å². The molecule has 1 aliphatic rings. The lowest BCUT2D eigenvalue weighted by atomic mass is 10.2. The van der Waals surface area contributed by atoms with E-state index in [1.54, 1.807) is 0 Å². The van der Waals surface area contributed by atoms with Crippen molar-refractivity contribution in [2.24, 2.45) is 4.99 Å². The van der Waals surface area contributed by atoms with Gasteiger partial charge >= 0.3 is 0 Å². The molecule has 0 aliphatic carbocycles. The van der Waals surface area contributed by atoms with Crippen LogP contribution in [0.4, 0.5) is 0 Å². The van der Waals surface area contributed by atoms with E-state index in [0.29, 0.717) is 6.54 Å². The number of aliphatic imine (C=N–C) groups is 1. The van der Waals surface area contributed by atoms with Crippen LogP contribution in [-0.2, 0) is 13.1 Å². The monoisotopic (exact) mass is 241 g/mol. The minimum atomic E-state index is 0.578. The van der Waals surface area contributed by atoms with Gasteiger partial charge in [-0.15, -0.1) is 10.2 Å². The summed E-state index contributed by atoms with van der Waals surface area (Å²) in [6, 6.07) is 8.19. The third kappa shape index (κ3) is 1.82. The molecule has 0 spiro atoms. The van der Waals surface area contributed by atoms with E-state index in [0.717, 1.165) is 29.4 Å². The fraction of sp³-hybridized carbons (Fsp3) is 0.308. The van der Waals surface area contributed by atoms with E-state index in [2.05, 4.69) is 36.8 Å². The first kappa shape index (κ1) is 11.1. The Labute approximate surface area is 106 Å². The van der Waals surface area contributed by atoms with Crippen LogP contribution < -0.4 is 0 Å². The Morgan fingerprint density at radius 3 is 2.89 bits per heavy atom. The first-order valence-electron chi connectivity index (χ1n) is 5.93. The number of aromatic nitrogens is 3. The second kappa shape index (κ2) is 4.34. The molecule has 5 heteroatoms. The third-order valence-electron chi connectivity index (χ3n) is 2.90. The van der Waals surface area contributed by atoms with Crippen LogP contribution in [0, 0.1) is 0 Å². The number of rotatable bonds is 2.